The highest BCUT2D eigenvalue weighted by Gasteiger charge is 2.48. The van der Waals surface area contributed by atoms with Gasteiger partial charge in [0.25, 0.3) is 11.8 Å². The molecule has 2 rings (SSSR count). The Kier molecular flexibility index (Phi) is 3.28. The van der Waals surface area contributed by atoms with Crippen LogP contribution in [-0.4, -0.2) is 22.7 Å². The number of hydrogen-bond acceptors (Lipinski definition) is 3. The number of halogens is 2. The number of benzene rings is 1. The lowest BCUT2D eigenvalue weighted by Gasteiger charge is -2.28. The van der Waals surface area contributed by atoms with Crippen LogP contribution in [0.5, 0.6) is 0 Å². The molecule has 1 aliphatic rings. The zero-order chi connectivity index (χ0) is 13.3. The number of imide groups is 2. The van der Waals surface area contributed by atoms with E-state index in [1.54, 1.807) is 24.3 Å². The maximum Gasteiger partial charge on any atom is 0.328 e. The van der Waals surface area contributed by atoms with Crippen LogP contribution in [0.1, 0.15) is 5.56 Å². The molecule has 0 aromatic heterocycles. The maximum atomic E-state index is 11.7. The summed E-state index contributed by atoms with van der Waals surface area (Å²) < 4.78 is 0. The molecule has 0 saturated carbocycles. The molecule has 5 nitrogen and oxygen atoms in total. The normalized spacial score (nSPS) is 18.2. The first-order valence-electron chi connectivity index (χ1n) is 5.02. The number of rotatable bonds is 2. The van der Waals surface area contributed by atoms with Gasteiger partial charge < -0.3 is 0 Å². The van der Waals surface area contributed by atoms with Crippen LogP contribution in [0.15, 0.2) is 24.3 Å². The summed E-state index contributed by atoms with van der Waals surface area (Å²) >= 11 is 11.7. The van der Waals surface area contributed by atoms with Crippen molar-refractivity contribution in [3.8, 4) is 0 Å². The van der Waals surface area contributed by atoms with Crippen LogP contribution in [0.2, 0.25) is 5.02 Å². The van der Waals surface area contributed by atoms with Crippen molar-refractivity contribution < 1.29 is 14.4 Å². The van der Waals surface area contributed by atoms with Gasteiger partial charge in [-0.3, -0.25) is 20.2 Å². The Bertz CT molecular complexity index is 508. The second kappa shape index (κ2) is 4.59. The van der Waals surface area contributed by atoms with Gasteiger partial charge in [-0.05, 0) is 17.7 Å². The molecular formula is C11H8Cl2N2O3. The van der Waals surface area contributed by atoms with Gasteiger partial charge in [-0.25, -0.2) is 4.79 Å². The Morgan fingerprint density at radius 2 is 1.50 bits per heavy atom. The molecule has 0 spiro atoms. The Balaban J connectivity index is 2.25. The van der Waals surface area contributed by atoms with Crippen LogP contribution >= 0.6 is 23.2 Å². The van der Waals surface area contributed by atoms with E-state index in [1.807, 2.05) is 10.6 Å². The lowest BCUT2D eigenvalue weighted by atomic mass is 9.95. The molecule has 7 heteroatoms. The van der Waals surface area contributed by atoms with Gasteiger partial charge in [0.05, 0.1) is 0 Å². The summed E-state index contributed by atoms with van der Waals surface area (Å²) in [5.41, 5.74) is 0.661. The molecule has 0 radical (unpaired) electrons. The summed E-state index contributed by atoms with van der Waals surface area (Å²) in [5.74, 6) is -1.65. The lowest BCUT2D eigenvalue weighted by molar-refractivity contribution is -0.133. The molecular weight excluding hydrogens is 279 g/mol. The summed E-state index contributed by atoms with van der Waals surface area (Å²) in [5, 5.41) is 4.47. The number of amides is 4. The Hall–Kier alpha value is -1.59. The minimum absolute atomic E-state index is 0.0311. The van der Waals surface area contributed by atoms with Crippen molar-refractivity contribution in [2.24, 2.45) is 0 Å². The van der Waals surface area contributed by atoms with Gasteiger partial charge in [-0.15, -0.1) is 0 Å². The quantitative estimate of drug-likeness (QED) is 0.634. The fourth-order valence-corrected chi connectivity index (χ4v) is 1.96. The van der Waals surface area contributed by atoms with Gasteiger partial charge >= 0.3 is 6.03 Å². The van der Waals surface area contributed by atoms with Crippen molar-refractivity contribution in [1.82, 2.24) is 10.6 Å². The zero-order valence-electron chi connectivity index (χ0n) is 9.00. The standard InChI is InChI=1S/C11H8Cl2N2O3/c12-7-3-1-6(2-4-7)5-11(13)8(16)14-10(18)15-9(11)17/h1-4H,5H2,(H2,14,15,16,17,18). The van der Waals surface area contributed by atoms with E-state index in [4.69, 9.17) is 23.2 Å². The minimum Gasteiger partial charge on any atom is -0.276 e. The highest BCUT2D eigenvalue weighted by Crippen LogP contribution is 2.25. The summed E-state index contributed by atoms with van der Waals surface area (Å²) in [6, 6.07) is 5.70. The third kappa shape index (κ3) is 2.32. The molecule has 1 heterocycles. The minimum atomic E-state index is -1.82. The predicted octanol–water partition coefficient (Wildman–Crippen LogP) is 1.23. The monoisotopic (exact) mass is 286 g/mol. The van der Waals surface area contributed by atoms with E-state index in [1.165, 1.54) is 0 Å². The molecule has 0 unspecified atom stereocenters. The van der Waals surface area contributed by atoms with Gasteiger partial charge in [0, 0.05) is 11.4 Å². The number of hydrogen-bond donors (Lipinski definition) is 2. The van der Waals surface area contributed by atoms with E-state index in [0.29, 0.717) is 10.6 Å². The molecule has 1 aliphatic heterocycles. The lowest BCUT2D eigenvalue weighted by Crippen LogP contribution is -2.64. The van der Waals surface area contributed by atoms with E-state index in [9.17, 15) is 14.4 Å². The first-order chi connectivity index (χ1) is 8.41. The molecule has 0 aliphatic carbocycles. The average Bonchev–Trinajstić information content (AvgIpc) is 2.30. The molecule has 0 bridgehead atoms. The first-order valence-corrected chi connectivity index (χ1v) is 5.77. The van der Waals surface area contributed by atoms with E-state index in [2.05, 4.69) is 0 Å². The van der Waals surface area contributed by atoms with Crippen LogP contribution in [0, 0.1) is 0 Å². The molecule has 1 fully saturated rings. The Morgan fingerprint density at radius 1 is 1.00 bits per heavy atom. The summed E-state index contributed by atoms with van der Waals surface area (Å²) in [7, 11) is 0. The van der Waals surface area contributed by atoms with E-state index in [0.717, 1.165) is 0 Å². The summed E-state index contributed by atoms with van der Waals surface area (Å²) in [6.07, 6.45) is -0.0311. The van der Waals surface area contributed by atoms with Crippen molar-refractivity contribution in [2.45, 2.75) is 11.3 Å². The van der Waals surface area contributed by atoms with Crippen LogP contribution in [0.3, 0.4) is 0 Å². The predicted molar refractivity (Wildman–Crippen MR) is 65.4 cm³/mol. The average molecular weight is 287 g/mol. The number of urea groups is 1. The molecule has 94 valence electrons. The smallest absolute Gasteiger partial charge is 0.276 e. The maximum absolute atomic E-state index is 11.7. The number of nitrogens with one attached hydrogen (secondary N) is 2. The van der Waals surface area contributed by atoms with Crippen molar-refractivity contribution in [1.29, 1.82) is 0 Å². The summed E-state index contributed by atoms with van der Waals surface area (Å²) in [4.78, 5) is 32.4. The van der Waals surface area contributed by atoms with Gasteiger partial charge in [-0.2, -0.15) is 0 Å². The van der Waals surface area contributed by atoms with E-state index >= 15 is 0 Å². The number of barbiturate groups is 1. The van der Waals surface area contributed by atoms with Gasteiger partial charge in [0.1, 0.15) is 0 Å². The van der Waals surface area contributed by atoms with Crippen molar-refractivity contribution in [3.63, 3.8) is 0 Å². The van der Waals surface area contributed by atoms with E-state index in [-0.39, 0.29) is 6.42 Å². The molecule has 18 heavy (non-hydrogen) atoms. The SMILES string of the molecule is O=C1NC(=O)C(Cl)(Cc2ccc(Cl)cc2)C(=O)N1. The van der Waals surface area contributed by atoms with Crippen molar-refractivity contribution in [2.75, 3.05) is 0 Å². The van der Waals surface area contributed by atoms with Crippen LogP contribution in [-0.2, 0) is 16.0 Å². The highest BCUT2D eigenvalue weighted by molar-refractivity contribution is 6.49. The van der Waals surface area contributed by atoms with E-state index < -0.39 is 22.7 Å². The van der Waals surface area contributed by atoms with Gasteiger partial charge in [-0.1, -0.05) is 35.3 Å². The number of carbonyl (C=O) groups excluding carboxylic acids is 3. The molecule has 1 aromatic carbocycles. The fourth-order valence-electron chi connectivity index (χ4n) is 1.58. The fraction of sp³-hybridized carbons (Fsp3) is 0.182. The Labute approximate surface area is 112 Å². The molecule has 1 saturated heterocycles. The van der Waals surface area contributed by atoms with Crippen LogP contribution < -0.4 is 10.6 Å². The second-order valence-corrected chi connectivity index (χ2v) is 4.92. The third-order valence-corrected chi connectivity index (χ3v) is 3.26. The zero-order valence-corrected chi connectivity index (χ0v) is 10.5. The number of carbonyl (C=O) groups is 3. The molecule has 2 N–H and O–H groups in total. The topological polar surface area (TPSA) is 75.3 Å². The highest BCUT2D eigenvalue weighted by atomic mass is 35.5. The van der Waals surface area contributed by atoms with Gasteiger partial charge in [0.2, 0.25) is 4.87 Å². The Morgan fingerprint density at radius 3 is 2.00 bits per heavy atom. The van der Waals surface area contributed by atoms with Crippen molar-refractivity contribution >= 4 is 41.0 Å². The number of alkyl halides is 1. The van der Waals surface area contributed by atoms with Crippen molar-refractivity contribution in [3.05, 3.63) is 34.9 Å². The summed E-state index contributed by atoms with van der Waals surface area (Å²) in [6.45, 7) is 0. The third-order valence-electron chi connectivity index (χ3n) is 2.53. The second-order valence-electron chi connectivity index (χ2n) is 3.84. The largest absolute Gasteiger partial charge is 0.328 e. The first kappa shape index (κ1) is 12.9. The van der Waals surface area contributed by atoms with Crippen LogP contribution in [0.25, 0.3) is 0 Å². The van der Waals surface area contributed by atoms with Crippen LogP contribution in [0.4, 0.5) is 4.79 Å². The molecule has 0 atom stereocenters. The molecule has 4 amide bonds. The molecule has 1 aromatic rings. The van der Waals surface area contributed by atoms with Gasteiger partial charge in [0.15, 0.2) is 0 Å².